The number of hydrogen-bond donors (Lipinski definition) is 2. The van der Waals surface area contributed by atoms with Crippen molar-refractivity contribution in [1.29, 1.82) is 0 Å². The van der Waals surface area contributed by atoms with Gasteiger partial charge in [0.25, 0.3) is 5.91 Å². The molecule has 0 spiro atoms. The molecule has 0 radical (unpaired) electrons. The summed E-state index contributed by atoms with van der Waals surface area (Å²) < 4.78 is 18.5. The summed E-state index contributed by atoms with van der Waals surface area (Å²) in [5.41, 5.74) is 5.71. The SMILES string of the molecule is CCCNC(C)c1cc(F)ccc1OCC(N)=O. The van der Waals surface area contributed by atoms with E-state index in [0.29, 0.717) is 11.3 Å². The van der Waals surface area contributed by atoms with Gasteiger partial charge in [-0.2, -0.15) is 0 Å². The molecule has 0 aliphatic carbocycles. The summed E-state index contributed by atoms with van der Waals surface area (Å²) >= 11 is 0. The van der Waals surface area contributed by atoms with Crippen LogP contribution in [0.1, 0.15) is 31.9 Å². The van der Waals surface area contributed by atoms with Crippen molar-refractivity contribution in [3.63, 3.8) is 0 Å². The predicted octanol–water partition coefficient (Wildman–Crippen LogP) is 1.75. The van der Waals surface area contributed by atoms with Gasteiger partial charge in [0.05, 0.1) is 0 Å². The summed E-state index contributed by atoms with van der Waals surface area (Å²) in [6.45, 7) is 4.59. The second kappa shape index (κ2) is 6.96. The standard InChI is InChI=1S/C13H19FN2O2/c1-3-6-16-9(2)11-7-10(14)4-5-12(11)18-8-13(15)17/h4-5,7,9,16H,3,6,8H2,1-2H3,(H2,15,17). The van der Waals surface area contributed by atoms with E-state index >= 15 is 0 Å². The zero-order valence-electron chi connectivity index (χ0n) is 10.7. The Morgan fingerprint density at radius 1 is 1.56 bits per heavy atom. The maximum absolute atomic E-state index is 13.3. The predicted molar refractivity (Wildman–Crippen MR) is 67.8 cm³/mol. The van der Waals surface area contributed by atoms with Crippen molar-refractivity contribution in [2.24, 2.45) is 5.73 Å². The number of primary amides is 1. The van der Waals surface area contributed by atoms with Crippen LogP contribution < -0.4 is 15.8 Å². The fraction of sp³-hybridized carbons (Fsp3) is 0.462. The molecular formula is C13H19FN2O2. The molecule has 100 valence electrons. The topological polar surface area (TPSA) is 64.3 Å². The van der Waals surface area contributed by atoms with Gasteiger partial charge >= 0.3 is 0 Å². The van der Waals surface area contributed by atoms with Crippen molar-refractivity contribution in [2.75, 3.05) is 13.2 Å². The molecule has 0 aromatic heterocycles. The van der Waals surface area contributed by atoms with Gasteiger partial charge in [-0.3, -0.25) is 4.79 Å². The van der Waals surface area contributed by atoms with E-state index < -0.39 is 5.91 Å². The van der Waals surface area contributed by atoms with E-state index in [2.05, 4.69) is 12.2 Å². The number of carbonyl (C=O) groups is 1. The Bertz CT molecular complexity index is 410. The van der Waals surface area contributed by atoms with Crippen molar-refractivity contribution in [3.8, 4) is 5.75 Å². The first kappa shape index (κ1) is 14.4. The van der Waals surface area contributed by atoms with Crippen LogP contribution in [0.5, 0.6) is 5.75 Å². The lowest BCUT2D eigenvalue weighted by Crippen LogP contribution is -2.23. The molecule has 1 unspecified atom stereocenters. The van der Waals surface area contributed by atoms with Crippen LogP contribution in [0.4, 0.5) is 4.39 Å². The third-order valence-electron chi connectivity index (χ3n) is 2.51. The van der Waals surface area contributed by atoms with Crippen LogP contribution >= 0.6 is 0 Å². The molecule has 0 saturated heterocycles. The smallest absolute Gasteiger partial charge is 0.255 e. The van der Waals surface area contributed by atoms with Crippen molar-refractivity contribution in [2.45, 2.75) is 26.3 Å². The quantitative estimate of drug-likeness (QED) is 0.779. The van der Waals surface area contributed by atoms with Crippen molar-refractivity contribution < 1.29 is 13.9 Å². The summed E-state index contributed by atoms with van der Waals surface area (Å²) in [4.78, 5) is 10.7. The Balaban J connectivity index is 2.84. The maximum Gasteiger partial charge on any atom is 0.255 e. The van der Waals surface area contributed by atoms with Gasteiger partial charge in [0.2, 0.25) is 0 Å². The number of rotatable bonds is 7. The number of benzene rings is 1. The minimum absolute atomic E-state index is 0.0523. The molecule has 1 amide bonds. The van der Waals surface area contributed by atoms with Gasteiger partial charge in [-0.1, -0.05) is 6.92 Å². The Morgan fingerprint density at radius 2 is 2.28 bits per heavy atom. The molecule has 18 heavy (non-hydrogen) atoms. The van der Waals surface area contributed by atoms with Crippen LogP contribution in [0.15, 0.2) is 18.2 Å². The minimum Gasteiger partial charge on any atom is -0.483 e. The molecule has 1 atom stereocenters. The molecule has 5 heteroatoms. The van der Waals surface area contributed by atoms with Gasteiger partial charge < -0.3 is 15.8 Å². The zero-order chi connectivity index (χ0) is 13.5. The van der Waals surface area contributed by atoms with Crippen molar-refractivity contribution in [1.82, 2.24) is 5.32 Å². The lowest BCUT2D eigenvalue weighted by atomic mass is 10.1. The summed E-state index contributed by atoms with van der Waals surface area (Å²) in [6.07, 6.45) is 0.983. The molecule has 1 rings (SSSR count). The highest BCUT2D eigenvalue weighted by Gasteiger charge is 2.13. The van der Waals surface area contributed by atoms with E-state index in [0.717, 1.165) is 13.0 Å². The molecule has 0 aliphatic rings. The number of hydrogen-bond acceptors (Lipinski definition) is 3. The summed E-state index contributed by atoms with van der Waals surface area (Å²) in [6, 6.07) is 4.16. The first-order chi connectivity index (χ1) is 8.54. The first-order valence-electron chi connectivity index (χ1n) is 5.98. The molecule has 1 aromatic carbocycles. The fourth-order valence-corrected chi connectivity index (χ4v) is 1.61. The Labute approximate surface area is 106 Å². The van der Waals surface area contributed by atoms with Crippen molar-refractivity contribution >= 4 is 5.91 Å². The van der Waals surface area contributed by atoms with E-state index in [9.17, 15) is 9.18 Å². The first-order valence-corrected chi connectivity index (χ1v) is 5.98. The highest BCUT2D eigenvalue weighted by molar-refractivity contribution is 5.75. The Hall–Kier alpha value is -1.62. The number of ether oxygens (including phenoxy) is 1. The van der Waals surface area contributed by atoms with E-state index in [4.69, 9.17) is 10.5 Å². The summed E-state index contributed by atoms with van der Waals surface area (Å²) in [7, 11) is 0. The van der Waals surface area contributed by atoms with Crippen LogP contribution in [-0.2, 0) is 4.79 Å². The lowest BCUT2D eigenvalue weighted by molar-refractivity contribution is -0.119. The van der Waals surface area contributed by atoms with Gasteiger partial charge in [-0.05, 0) is 38.1 Å². The number of halogens is 1. The van der Waals surface area contributed by atoms with Crippen LogP contribution in [0.25, 0.3) is 0 Å². The van der Waals surface area contributed by atoms with Crippen LogP contribution in [0.2, 0.25) is 0 Å². The minimum atomic E-state index is -0.556. The highest BCUT2D eigenvalue weighted by atomic mass is 19.1. The molecule has 0 fully saturated rings. The number of nitrogens with two attached hydrogens (primary N) is 1. The monoisotopic (exact) mass is 254 g/mol. The van der Waals surface area contributed by atoms with E-state index in [1.807, 2.05) is 6.92 Å². The molecule has 0 heterocycles. The average Bonchev–Trinajstić information content (AvgIpc) is 2.34. The fourth-order valence-electron chi connectivity index (χ4n) is 1.61. The average molecular weight is 254 g/mol. The van der Waals surface area contributed by atoms with E-state index in [-0.39, 0.29) is 18.5 Å². The van der Waals surface area contributed by atoms with Crippen LogP contribution in [0, 0.1) is 5.82 Å². The Kier molecular flexibility index (Phi) is 5.58. The molecule has 1 aromatic rings. The molecule has 0 aliphatic heterocycles. The van der Waals surface area contributed by atoms with Crippen molar-refractivity contribution in [3.05, 3.63) is 29.6 Å². The Morgan fingerprint density at radius 3 is 2.89 bits per heavy atom. The number of amides is 1. The molecule has 0 bridgehead atoms. The third-order valence-corrected chi connectivity index (χ3v) is 2.51. The van der Waals surface area contributed by atoms with Gasteiger partial charge in [-0.15, -0.1) is 0 Å². The molecule has 0 saturated carbocycles. The number of nitrogens with one attached hydrogen (secondary N) is 1. The van der Waals surface area contributed by atoms with Gasteiger partial charge in [0, 0.05) is 11.6 Å². The summed E-state index contributed by atoms with van der Waals surface area (Å²) in [5.74, 6) is -0.410. The number of carbonyl (C=O) groups excluding carboxylic acids is 1. The highest BCUT2D eigenvalue weighted by Crippen LogP contribution is 2.26. The largest absolute Gasteiger partial charge is 0.483 e. The third kappa shape index (κ3) is 4.33. The normalized spacial score (nSPS) is 12.2. The second-order valence-electron chi connectivity index (χ2n) is 4.11. The second-order valence-corrected chi connectivity index (χ2v) is 4.11. The van der Waals surface area contributed by atoms with Gasteiger partial charge in [0.1, 0.15) is 11.6 Å². The lowest BCUT2D eigenvalue weighted by Gasteiger charge is -2.17. The zero-order valence-corrected chi connectivity index (χ0v) is 10.7. The molecule has 4 nitrogen and oxygen atoms in total. The molecular weight excluding hydrogens is 235 g/mol. The van der Waals surface area contributed by atoms with Gasteiger partial charge in [-0.25, -0.2) is 4.39 Å². The maximum atomic E-state index is 13.3. The molecule has 3 N–H and O–H groups in total. The van der Waals surface area contributed by atoms with E-state index in [1.54, 1.807) is 0 Å². The van der Waals surface area contributed by atoms with Crippen LogP contribution in [0.3, 0.4) is 0 Å². The summed E-state index contributed by atoms with van der Waals surface area (Å²) in [5, 5.41) is 3.24. The van der Waals surface area contributed by atoms with E-state index in [1.165, 1.54) is 18.2 Å². The van der Waals surface area contributed by atoms with Crippen LogP contribution in [-0.4, -0.2) is 19.1 Å². The van der Waals surface area contributed by atoms with Gasteiger partial charge in [0.15, 0.2) is 6.61 Å².